The van der Waals surface area contributed by atoms with Crippen molar-refractivity contribution in [1.29, 1.82) is 0 Å². The lowest BCUT2D eigenvalue weighted by molar-refractivity contribution is 0.464. The summed E-state index contributed by atoms with van der Waals surface area (Å²) in [4.78, 5) is 11.1. The third-order valence-electron chi connectivity index (χ3n) is 4.28. The molecule has 144 valence electrons. The molecule has 0 amide bonds. The molecule has 0 radical (unpaired) electrons. The molecule has 1 atom stereocenters. The van der Waals surface area contributed by atoms with Gasteiger partial charge in [0.05, 0.1) is 6.54 Å². The van der Waals surface area contributed by atoms with E-state index in [-0.39, 0.29) is 0 Å². The average molecular weight is 366 g/mol. The van der Waals surface area contributed by atoms with Crippen molar-refractivity contribution < 1.29 is 0 Å². The highest BCUT2D eigenvalue weighted by Gasteiger charge is 2.12. The number of nitrogens with one attached hydrogen (secondary N) is 1. The van der Waals surface area contributed by atoms with Crippen LogP contribution in [-0.2, 0) is 6.42 Å². The summed E-state index contributed by atoms with van der Waals surface area (Å²) in [7, 11) is 4.02. The monoisotopic (exact) mass is 365 g/mol. The fourth-order valence-electron chi connectivity index (χ4n) is 2.89. The summed E-state index contributed by atoms with van der Waals surface area (Å²) in [6.45, 7) is 7.04. The summed E-state index contributed by atoms with van der Waals surface area (Å²) < 4.78 is 0. The van der Waals surface area contributed by atoms with Gasteiger partial charge in [-0.1, -0.05) is 37.3 Å². The molecular weight excluding hydrogens is 334 g/mol. The normalized spacial score (nSPS) is 11.8. The Morgan fingerprint density at radius 2 is 2.04 bits per heavy atom. The molecule has 0 saturated heterocycles. The maximum absolute atomic E-state index is 6.25. The number of nitrogens with two attached hydrogens (primary N) is 1. The Bertz CT molecular complexity index is 794. The van der Waals surface area contributed by atoms with Crippen molar-refractivity contribution >= 4 is 11.8 Å². The summed E-state index contributed by atoms with van der Waals surface area (Å²) in [5.41, 5.74) is 10.3. The van der Waals surface area contributed by atoms with Crippen molar-refractivity contribution in [3.63, 3.8) is 0 Å². The van der Waals surface area contributed by atoms with Crippen molar-refractivity contribution in [2.75, 3.05) is 31.7 Å². The van der Waals surface area contributed by atoms with E-state index in [1.165, 1.54) is 0 Å². The Labute approximate surface area is 163 Å². The van der Waals surface area contributed by atoms with E-state index >= 15 is 0 Å². The first kappa shape index (κ1) is 20.7. The van der Waals surface area contributed by atoms with Crippen LogP contribution < -0.4 is 11.1 Å². The summed E-state index contributed by atoms with van der Waals surface area (Å²) in [5, 5.41) is 3.33. The van der Waals surface area contributed by atoms with Gasteiger partial charge in [-0.15, -0.1) is 0 Å². The minimum absolute atomic E-state index is 0.331. The smallest absolute Gasteiger partial charge is 0.225 e. The van der Waals surface area contributed by atoms with E-state index in [0.717, 1.165) is 41.8 Å². The number of nitrogens with zero attached hydrogens (tertiary/aromatic N) is 3. The lowest BCUT2D eigenvalue weighted by Crippen LogP contribution is -2.18. The Balaban J connectivity index is 2.16. The molecule has 1 aromatic heterocycles. The molecule has 5 nitrogen and oxygen atoms in total. The standard InChI is InChI=1S/C22H31N5/c1-6-9-16(2)24-22-25-17(3)20(21(23)26-22)15-19-11-7-10-18(14-19)12-8-13-27(4)5/h7,10-11,14,16H,6,9,13,15H2,1-5H3,(H3,23,24,25,26). The molecule has 3 N–H and O–H groups in total. The molecule has 1 heterocycles. The van der Waals surface area contributed by atoms with Gasteiger partial charge in [0, 0.05) is 29.3 Å². The lowest BCUT2D eigenvalue weighted by Gasteiger charge is -2.15. The van der Waals surface area contributed by atoms with Crippen LogP contribution >= 0.6 is 0 Å². The van der Waals surface area contributed by atoms with Crippen LogP contribution in [0.4, 0.5) is 11.8 Å². The Kier molecular flexibility index (Phi) is 7.63. The first-order valence-corrected chi connectivity index (χ1v) is 9.51. The van der Waals surface area contributed by atoms with Gasteiger partial charge < -0.3 is 11.1 Å². The van der Waals surface area contributed by atoms with Gasteiger partial charge in [0.2, 0.25) is 5.95 Å². The maximum atomic E-state index is 6.25. The van der Waals surface area contributed by atoms with Gasteiger partial charge in [-0.2, -0.15) is 4.98 Å². The molecule has 2 aromatic rings. The van der Waals surface area contributed by atoms with Gasteiger partial charge in [0.1, 0.15) is 5.82 Å². The van der Waals surface area contributed by atoms with Crippen LogP contribution in [0.5, 0.6) is 0 Å². The predicted molar refractivity (Wildman–Crippen MR) is 114 cm³/mol. The van der Waals surface area contributed by atoms with Crippen LogP contribution in [0.3, 0.4) is 0 Å². The molecule has 5 heteroatoms. The molecule has 0 aliphatic rings. The zero-order valence-electron chi connectivity index (χ0n) is 17.1. The number of rotatable bonds is 7. The molecule has 0 aliphatic carbocycles. The molecule has 0 fully saturated rings. The molecule has 0 spiro atoms. The molecule has 1 aromatic carbocycles. The van der Waals surface area contributed by atoms with Gasteiger partial charge in [0.25, 0.3) is 0 Å². The summed E-state index contributed by atoms with van der Waals surface area (Å²) in [5.74, 6) is 7.53. The highest BCUT2D eigenvalue weighted by atomic mass is 15.1. The third kappa shape index (κ3) is 6.58. The van der Waals surface area contributed by atoms with Crippen molar-refractivity contribution in [3.05, 3.63) is 46.6 Å². The van der Waals surface area contributed by atoms with E-state index in [1.54, 1.807) is 0 Å². The molecule has 0 aliphatic heterocycles. The number of hydrogen-bond acceptors (Lipinski definition) is 5. The molecular formula is C22H31N5. The first-order chi connectivity index (χ1) is 12.9. The van der Waals surface area contributed by atoms with Crippen molar-refractivity contribution in [2.24, 2.45) is 0 Å². The van der Waals surface area contributed by atoms with Crippen LogP contribution in [0, 0.1) is 18.8 Å². The van der Waals surface area contributed by atoms with Crippen LogP contribution in [0.15, 0.2) is 24.3 Å². The maximum Gasteiger partial charge on any atom is 0.225 e. The number of hydrogen-bond donors (Lipinski definition) is 2. The molecule has 0 bridgehead atoms. The SMILES string of the molecule is CCCC(C)Nc1nc(C)c(Cc2cccc(C#CCN(C)C)c2)c(N)n1. The second-order valence-electron chi connectivity index (χ2n) is 7.25. The van der Waals surface area contributed by atoms with E-state index in [9.17, 15) is 0 Å². The summed E-state index contributed by atoms with van der Waals surface area (Å²) in [6, 6.07) is 8.59. The highest BCUT2D eigenvalue weighted by Crippen LogP contribution is 2.20. The molecule has 1 unspecified atom stereocenters. The average Bonchev–Trinajstić information content (AvgIpc) is 2.58. The Morgan fingerprint density at radius 1 is 1.26 bits per heavy atom. The van der Waals surface area contributed by atoms with Gasteiger partial charge in [-0.3, -0.25) is 4.90 Å². The molecule has 2 rings (SSSR count). The first-order valence-electron chi connectivity index (χ1n) is 9.51. The van der Waals surface area contributed by atoms with Crippen molar-refractivity contribution in [1.82, 2.24) is 14.9 Å². The van der Waals surface area contributed by atoms with Gasteiger partial charge >= 0.3 is 0 Å². The largest absolute Gasteiger partial charge is 0.383 e. The number of aromatic nitrogens is 2. The van der Waals surface area contributed by atoms with Crippen LogP contribution in [-0.4, -0.2) is 41.5 Å². The minimum Gasteiger partial charge on any atom is -0.383 e. The fourth-order valence-corrected chi connectivity index (χ4v) is 2.89. The summed E-state index contributed by atoms with van der Waals surface area (Å²) in [6.07, 6.45) is 2.89. The molecule has 27 heavy (non-hydrogen) atoms. The highest BCUT2D eigenvalue weighted by molar-refractivity contribution is 5.50. The van der Waals surface area contributed by atoms with E-state index < -0.39 is 0 Å². The third-order valence-corrected chi connectivity index (χ3v) is 4.28. The van der Waals surface area contributed by atoms with Crippen molar-refractivity contribution in [3.8, 4) is 11.8 Å². The molecule has 0 saturated carbocycles. The minimum atomic E-state index is 0.331. The van der Waals surface area contributed by atoms with Crippen molar-refractivity contribution in [2.45, 2.75) is 46.1 Å². The quantitative estimate of drug-likeness (QED) is 0.736. The second-order valence-corrected chi connectivity index (χ2v) is 7.25. The van der Waals surface area contributed by atoms with E-state index in [2.05, 4.69) is 58.0 Å². The Morgan fingerprint density at radius 3 is 2.70 bits per heavy atom. The number of nitrogen functional groups attached to an aromatic ring is 1. The lowest BCUT2D eigenvalue weighted by atomic mass is 10.0. The Hall–Kier alpha value is -2.58. The van der Waals surface area contributed by atoms with Gasteiger partial charge in [0.15, 0.2) is 0 Å². The number of aryl methyl sites for hydroxylation is 1. The van der Waals surface area contributed by atoms with Crippen LogP contribution in [0.1, 0.15) is 49.1 Å². The van der Waals surface area contributed by atoms with Crippen LogP contribution in [0.25, 0.3) is 0 Å². The van der Waals surface area contributed by atoms with Gasteiger partial charge in [-0.25, -0.2) is 4.98 Å². The van der Waals surface area contributed by atoms with E-state index in [4.69, 9.17) is 5.73 Å². The number of anilines is 2. The van der Waals surface area contributed by atoms with E-state index in [1.807, 2.05) is 33.2 Å². The van der Waals surface area contributed by atoms with E-state index in [0.29, 0.717) is 24.2 Å². The van der Waals surface area contributed by atoms with Gasteiger partial charge in [-0.05, 0) is 52.1 Å². The fraction of sp³-hybridized carbons (Fsp3) is 0.455. The topological polar surface area (TPSA) is 67.1 Å². The zero-order valence-corrected chi connectivity index (χ0v) is 17.1. The number of benzene rings is 1. The summed E-state index contributed by atoms with van der Waals surface area (Å²) >= 11 is 0. The predicted octanol–water partition coefficient (Wildman–Crippen LogP) is 3.47. The second kappa shape index (κ2) is 9.94. The van der Waals surface area contributed by atoms with Crippen LogP contribution in [0.2, 0.25) is 0 Å². The zero-order chi connectivity index (χ0) is 19.8.